The van der Waals surface area contributed by atoms with Gasteiger partial charge in [-0.3, -0.25) is 4.79 Å². The van der Waals surface area contributed by atoms with Gasteiger partial charge in [-0.1, -0.05) is 55.0 Å². The largest absolute Gasteiger partial charge is 0.493 e. The Labute approximate surface area is 265 Å². The summed E-state index contributed by atoms with van der Waals surface area (Å²) in [7, 11) is 3.22. The quantitative estimate of drug-likeness (QED) is 0.252. The molecule has 0 amide bonds. The second-order valence-corrected chi connectivity index (χ2v) is 12.1. The summed E-state index contributed by atoms with van der Waals surface area (Å²) >= 11 is 0. The molecule has 7 heteroatoms. The normalized spacial score (nSPS) is 20.3. The van der Waals surface area contributed by atoms with Crippen LogP contribution >= 0.6 is 0 Å². The van der Waals surface area contributed by atoms with Crippen molar-refractivity contribution in [2.45, 2.75) is 76.4 Å². The number of nitrogens with one attached hydrogen (secondary N) is 1. The maximum Gasteiger partial charge on any atom is 0.337 e. The smallest absolute Gasteiger partial charge is 0.337 e. The van der Waals surface area contributed by atoms with Crippen LogP contribution in [0.5, 0.6) is 17.2 Å². The minimum Gasteiger partial charge on any atom is -0.493 e. The number of allylic oxidation sites excluding steroid dienone is 3. The predicted octanol–water partition coefficient (Wildman–Crippen LogP) is 7.52. The van der Waals surface area contributed by atoms with Crippen LogP contribution in [0.1, 0.15) is 80.4 Å². The number of carbonyl (C=O) groups is 2. The number of esters is 1. The van der Waals surface area contributed by atoms with Crippen LogP contribution < -0.4 is 19.5 Å². The van der Waals surface area contributed by atoms with E-state index in [2.05, 4.69) is 5.32 Å². The van der Waals surface area contributed by atoms with Gasteiger partial charge in [0.25, 0.3) is 0 Å². The predicted molar refractivity (Wildman–Crippen MR) is 172 cm³/mol. The van der Waals surface area contributed by atoms with E-state index in [0.717, 1.165) is 53.8 Å². The van der Waals surface area contributed by atoms with E-state index in [-0.39, 0.29) is 23.8 Å². The highest BCUT2D eigenvalue weighted by Gasteiger charge is 2.42. The molecule has 1 saturated carbocycles. The molecule has 2 atom stereocenters. The van der Waals surface area contributed by atoms with E-state index in [4.69, 9.17) is 18.9 Å². The van der Waals surface area contributed by atoms with Gasteiger partial charge in [0, 0.05) is 29.3 Å². The van der Waals surface area contributed by atoms with Crippen LogP contribution in [0.4, 0.5) is 0 Å². The fraction of sp³-hybridized carbons (Fsp3) is 0.368. The molecule has 234 valence electrons. The first-order chi connectivity index (χ1) is 21.9. The van der Waals surface area contributed by atoms with Crippen LogP contribution in [0.3, 0.4) is 0 Å². The van der Waals surface area contributed by atoms with E-state index in [9.17, 15) is 9.59 Å². The molecule has 0 saturated heterocycles. The SMILES string of the molecule is COc1ccc([C@@H]2CC(=O)C3=C(C2)NC(C)=C(C(=O)OC2CCCCC2)[C@@H]3c2cccc(OCc3ccccc3)c2)cc1OC. The van der Waals surface area contributed by atoms with Crippen LogP contribution in [0, 0.1) is 0 Å². The summed E-state index contributed by atoms with van der Waals surface area (Å²) in [4.78, 5) is 28.1. The first-order valence-electron chi connectivity index (χ1n) is 15.9. The molecule has 3 aromatic rings. The summed E-state index contributed by atoms with van der Waals surface area (Å²) in [6, 6.07) is 23.6. The molecule has 0 radical (unpaired) electrons. The minimum atomic E-state index is -0.559. The van der Waals surface area contributed by atoms with Crippen molar-refractivity contribution in [2.24, 2.45) is 0 Å². The third-order valence-corrected chi connectivity index (χ3v) is 9.19. The van der Waals surface area contributed by atoms with Gasteiger partial charge >= 0.3 is 5.97 Å². The van der Waals surface area contributed by atoms with Crippen molar-refractivity contribution in [1.29, 1.82) is 0 Å². The van der Waals surface area contributed by atoms with Gasteiger partial charge in [-0.2, -0.15) is 0 Å². The number of carbonyl (C=O) groups excluding carboxylic acids is 2. The second-order valence-electron chi connectivity index (χ2n) is 12.1. The Kier molecular flexibility index (Phi) is 9.24. The molecular weight excluding hydrogens is 566 g/mol. The molecule has 0 spiro atoms. The molecule has 0 bridgehead atoms. The van der Waals surface area contributed by atoms with Crippen LogP contribution in [0.25, 0.3) is 0 Å². The molecule has 0 unspecified atom stereocenters. The van der Waals surface area contributed by atoms with Gasteiger partial charge < -0.3 is 24.3 Å². The minimum absolute atomic E-state index is 0.0135. The number of methoxy groups -OCH3 is 2. The molecule has 45 heavy (non-hydrogen) atoms. The summed E-state index contributed by atoms with van der Waals surface area (Å²) in [6.07, 6.45) is 5.88. The Morgan fingerprint density at radius 2 is 1.62 bits per heavy atom. The Bertz CT molecular complexity index is 1620. The number of ether oxygens (including phenoxy) is 4. The maximum absolute atomic E-state index is 14.2. The van der Waals surface area contributed by atoms with E-state index in [1.807, 2.05) is 79.7 Å². The van der Waals surface area contributed by atoms with E-state index in [1.54, 1.807) is 14.2 Å². The lowest BCUT2D eigenvalue weighted by atomic mass is 9.71. The van der Waals surface area contributed by atoms with Gasteiger partial charge in [-0.05, 0) is 85.9 Å². The zero-order chi connectivity index (χ0) is 31.3. The number of benzene rings is 3. The zero-order valence-electron chi connectivity index (χ0n) is 26.3. The average molecular weight is 608 g/mol. The summed E-state index contributed by atoms with van der Waals surface area (Å²) in [5.41, 5.74) is 5.60. The maximum atomic E-state index is 14.2. The zero-order valence-corrected chi connectivity index (χ0v) is 26.3. The lowest BCUT2D eigenvalue weighted by Crippen LogP contribution is -2.37. The number of rotatable bonds is 9. The molecule has 1 N–H and O–H groups in total. The third-order valence-electron chi connectivity index (χ3n) is 9.19. The van der Waals surface area contributed by atoms with Gasteiger partial charge in [-0.15, -0.1) is 0 Å². The Hall–Kier alpha value is -4.52. The number of ketones is 1. The monoisotopic (exact) mass is 607 g/mol. The van der Waals surface area contributed by atoms with E-state index in [1.165, 1.54) is 6.42 Å². The highest BCUT2D eigenvalue weighted by atomic mass is 16.5. The number of hydrogen-bond donors (Lipinski definition) is 1. The fourth-order valence-electron chi connectivity index (χ4n) is 6.91. The topological polar surface area (TPSA) is 83.1 Å². The van der Waals surface area contributed by atoms with Gasteiger partial charge in [0.2, 0.25) is 0 Å². The molecule has 6 rings (SSSR count). The third kappa shape index (κ3) is 6.63. The fourth-order valence-corrected chi connectivity index (χ4v) is 6.91. The first kappa shape index (κ1) is 30.5. The number of dihydropyridines is 1. The highest BCUT2D eigenvalue weighted by molar-refractivity contribution is 6.04. The Morgan fingerprint density at radius 3 is 2.38 bits per heavy atom. The summed E-state index contributed by atoms with van der Waals surface area (Å²) in [5, 5.41) is 3.48. The van der Waals surface area contributed by atoms with Gasteiger partial charge in [0.05, 0.1) is 19.8 Å². The van der Waals surface area contributed by atoms with E-state index >= 15 is 0 Å². The van der Waals surface area contributed by atoms with Gasteiger partial charge in [0.15, 0.2) is 17.3 Å². The highest BCUT2D eigenvalue weighted by Crippen LogP contribution is 2.47. The van der Waals surface area contributed by atoms with Crippen molar-refractivity contribution in [1.82, 2.24) is 5.32 Å². The Balaban J connectivity index is 1.35. The second kappa shape index (κ2) is 13.6. The summed E-state index contributed by atoms with van der Waals surface area (Å²) in [6.45, 7) is 2.33. The molecule has 1 heterocycles. The molecule has 2 aliphatic carbocycles. The summed E-state index contributed by atoms with van der Waals surface area (Å²) < 4.78 is 23.3. The molecular formula is C38H41NO6. The first-order valence-corrected chi connectivity index (χ1v) is 15.9. The number of Topliss-reactive ketones (excluding diaryl/α,β-unsaturated/α-hetero) is 1. The molecule has 1 fully saturated rings. The van der Waals surface area contributed by atoms with Crippen LogP contribution in [0.15, 0.2) is 95.3 Å². The van der Waals surface area contributed by atoms with Crippen molar-refractivity contribution in [2.75, 3.05) is 14.2 Å². The van der Waals surface area contributed by atoms with Crippen molar-refractivity contribution in [3.63, 3.8) is 0 Å². The summed E-state index contributed by atoms with van der Waals surface area (Å²) in [5.74, 6) is 1.01. The van der Waals surface area contributed by atoms with Gasteiger partial charge in [0.1, 0.15) is 18.5 Å². The standard InChI is InChI=1S/C38H41NO6/c1-24-35(38(41)45-29-14-8-5-9-15-29)36(27-13-10-16-30(19-27)44-23-25-11-6-4-7-12-25)37-31(39-24)20-28(21-32(37)40)26-17-18-33(42-2)34(22-26)43-3/h4,6-7,10-13,16-19,22,28-29,36,39H,5,8-9,14-15,20-21,23H2,1-3H3/t28-,36-/m0/s1. The van der Waals surface area contributed by atoms with Crippen molar-refractivity contribution in [3.8, 4) is 17.2 Å². The lowest BCUT2D eigenvalue weighted by Gasteiger charge is -2.37. The molecule has 7 nitrogen and oxygen atoms in total. The van der Waals surface area contributed by atoms with Crippen molar-refractivity contribution >= 4 is 11.8 Å². The Morgan fingerprint density at radius 1 is 0.844 bits per heavy atom. The van der Waals surface area contributed by atoms with Gasteiger partial charge in [-0.25, -0.2) is 4.79 Å². The molecule has 3 aromatic carbocycles. The van der Waals surface area contributed by atoms with Crippen LogP contribution in [0.2, 0.25) is 0 Å². The van der Waals surface area contributed by atoms with Crippen LogP contribution in [-0.4, -0.2) is 32.1 Å². The van der Waals surface area contributed by atoms with Crippen molar-refractivity contribution in [3.05, 3.63) is 112 Å². The van der Waals surface area contributed by atoms with E-state index in [0.29, 0.717) is 47.8 Å². The lowest BCUT2D eigenvalue weighted by molar-refractivity contribution is -0.146. The number of hydrogen-bond acceptors (Lipinski definition) is 7. The van der Waals surface area contributed by atoms with Crippen LogP contribution in [-0.2, 0) is 20.9 Å². The average Bonchev–Trinajstić information content (AvgIpc) is 3.07. The molecule has 1 aliphatic heterocycles. The van der Waals surface area contributed by atoms with Crippen molar-refractivity contribution < 1.29 is 28.5 Å². The van der Waals surface area contributed by atoms with E-state index < -0.39 is 5.92 Å². The molecule has 3 aliphatic rings. The molecule has 0 aromatic heterocycles.